The van der Waals surface area contributed by atoms with E-state index in [1.807, 2.05) is 31.2 Å². The van der Waals surface area contributed by atoms with E-state index in [9.17, 15) is 24.9 Å². The van der Waals surface area contributed by atoms with Gasteiger partial charge in [-0.3, -0.25) is 9.59 Å². The van der Waals surface area contributed by atoms with Crippen LogP contribution in [0.5, 0.6) is 11.5 Å². The molecule has 0 radical (unpaired) electrons. The van der Waals surface area contributed by atoms with Gasteiger partial charge in [0.2, 0.25) is 11.8 Å². The number of rotatable bonds is 14. The average Bonchev–Trinajstić information content (AvgIpc) is 3.07. The molecule has 0 spiro atoms. The summed E-state index contributed by atoms with van der Waals surface area (Å²) in [6.45, 7) is 8.30. The lowest BCUT2D eigenvalue weighted by molar-refractivity contribution is -0.149. The van der Waals surface area contributed by atoms with E-state index in [1.165, 1.54) is 7.11 Å². The Balaban J connectivity index is 1.69. The van der Waals surface area contributed by atoms with E-state index in [1.54, 1.807) is 23.1 Å². The fourth-order valence-corrected chi connectivity index (χ4v) is 7.54. The molecule has 1 fully saturated rings. The molecule has 11 heteroatoms. The zero-order valence-corrected chi connectivity index (χ0v) is 30.8. The average molecular weight is 779 g/mol. The molecule has 0 aromatic heterocycles. The maximum atomic E-state index is 14.2. The van der Waals surface area contributed by atoms with Crippen LogP contribution in [0.4, 0.5) is 0 Å². The third-order valence-electron chi connectivity index (χ3n) is 9.52. The molecule has 0 unspecified atom stereocenters. The number of carbonyl (C=O) groups excluding carboxylic acids is 2. The molecule has 0 bridgehead atoms. The van der Waals surface area contributed by atoms with Gasteiger partial charge in [0.1, 0.15) is 18.8 Å². The number of methoxy groups -OCH3 is 1. The summed E-state index contributed by atoms with van der Waals surface area (Å²) >= 11 is 2.08. The van der Waals surface area contributed by atoms with Crippen molar-refractivity contribution in [1.82, 2.24) is 10.2 Å². The smallest absolute Gasteiger partial charge is 0.249 e. The van der Waals surface area contributed by atoms with Gasteiger partial charge < -0.3 is 39.7 Å². The van der Waals surface area contributed by atoms with Gasteiger partial charge in [0.25, 0.3) is 0 Å². The van der Waals surface area contributed by atoms with Crippen molar-refractivity contribution in [3.05, 3.63) is 68.3 Å². The van der Waals surface area contributed by atoms with Crippen LogP contribution in [0, 0.1) is 28.2 Å². The molecular formula is C37H51IN2O8. The Hall–Kier alpha value is -2.71. The number of nitrogens with one attached hydrogen (secondary N) is 1. The number of benzene rings is 2. The van der Waals surface area contributed by atoms with Gasteiger partial charge in [-0.2, -0.15) is 0 Å². The third kappa shape index (κ3) is 9.71. The Labute approximate surface area is 298 Å². The van der Waals surface area contributed by atoms with E-state index in [0.717, 1.165) is 30.4 Å². The van der Waals surface area contributed by atoms with Crippen molar-refractivity contribution in [2.45, 2.75) is 90.9 Å². The number of halogens is 1. The van der Waals surface area contributed by atoms with Gasteiger partial charge in [-0.25, -0.2) is 0 Å². The lowest BCUT2D eigenvalue weighted by atomic mass is 9.75. The van der Waals surface area contributed by atoms with Gasteiger partial charge in [-0.05, 0) is 89.4 Å². The molecule has 1 saturated carbocycles. The van der Waals surface area contributed by atoms with Gasteiger partial charge in [0.05, 0.1) is 36.0 Å². The van der Waals surface area contributed by atoms with Crippen molar-refractivity contribution in [3.8, 4) is 11.5 Å². The lowest BCUT2D eigenvalue weighted by Gasteiger charge is -2.41. The molecule has 4 N–H and O–H groups in total. The highest BCUT2D eigenvalue weighted by Gasteiger charge is 2.41. The number of aliphatic hydroxyl groups excluding tert-OH is 3. The van der Waals surface area contributed by atoms with Crippen molar-refractivity contribution in [2.75, 3.05) is 26.9 Å². The molecule has 10 nitrogen and oxygen atoms in total. The monoisotopic (exact) mass is 778 g/mol. The number of ether oxygens (including phenoxy) is 3. The summed E-state index contributed by atoms with van der Waals surface area (Å²) in [5, 5.41) is 33.8. The highest BCUT2D eigenvalue weighted by Crippen LogP contribution is 2.38. The standard InChI is InChI=1S/C37H51IN2O8/c1-22(2)28-11-8-24(4)14-31(28)47-21-34(43)40(19-25-9-6-23(3)7-10-25)30-17-27(37(45)39-12-13-41)18-32(35(30)44)48-36-29(38)15-26(20-42)16-33(36)46-5/h6-7,9-10,15-16,18,22,24,28,30-32,35,41-42,44H,8,11-14,17,19-21H2,1-5H3,(H,39,45)/t24-,28+,30+,31-,32-,35-/m0/s1. The van der Waals surface area contributed by atoms with E-state index in [0.29, 0.717) is 44.0 Å². The van der Waals surface area contributed by atoms with Crippen molar-refractivity contribution in [1.29, 1.82) is 0 Å². The lowest BCUT2D eigenvalue weighted by Crippen LogP contribution is -2.55. The Morgan fingerprint density at radius 2 is 1.83 bits per heavy atom. The SMILES string of the molecule is COc1cc(CO)cc(I)c1O[C@H]1C=C(C(=O)NCCO)C[C@@H](N(Cc2ccc(C)cc2)C(=O)CO[C@H]2C[C@@H](C)CC[C@@H]2C(C)C)[C@@H]1O. The first kappa shape index (κ1) is 38.1. The fraction of sp³-hybridized carbons (Fsp3) is 0.568. The molecule has 2 aromatic rings. The first-order chi connectivity index (χ1) is 22.9. The molecule has 2 amide bonds. The highest BCUT2D eigenvalue weighted by atomic mass is 127. The Bertz CT molecular complexity index is 1410. The summed E-state index contributed by atoms with van der Waals surface area (Å²) in [5.41, 5.74) is 2.92. The molecule has 0 aliphatic heterocycles. The largest absolute Gasteiger partial charge is 0.493 e. The van der Waals surface area contributed by atoms with Crippen LogP contribution in [-0.4, -0.2) is 83.3 Å². The van der Waals surface area contributed by atoms with E-state index >= 15 is 0 Å². The second kappa shape index (κ2) is 17.8. The molecule has 0 heterocycles. The molecule has 6 atom stereocenters. The summed E-state index contributed by atoms with van der Waals surface area (Å²) in [4.78, 5) is 29.2. The quantitative estimate of drug-likeness (QED) is 0.206. The Morgan fingerprint density at radius 3 is 2.48 bits per heavy atom. The van der Waals surface area contributed by atoms with Crippen LogP contribution in [0.3, 0.4) is 0 Å². The normalized spacial score (nSPS) is 24.2. The Kier molecular flexibility index (Phi) is 14.1. The zero-order chi connectivity index (χ0) is 35.0. The number of hydrogen-bond donors (Lipinski definition) is 4. The van der Waals surface area contributed by atoms with Crippen LogP contribution in [0.25, 0.3) is 0 Å². The molecule has 2 aliphatic rings. The molecule has 0 saturated heterocycles. The highest BCUT2D eigenvalue weighted by molar-refractivity contribution is 14.1. The summed E-state index contributed by atoms with van der Waals surface area (Å²) in [6, 6.07) is 10.4. The van der Waals surface area contributed by atoms with Crippen LogP contribution in [0.15, 0.2) is 48.0 Å². The van der Waals surface area contributed by atoms with Crippen molar-refractivity contribution in [2.24, 2.45) is 17.8 Å². The molecular weight excluding hydrogens is 727 g/mol. The second-order valence-electron chi connectivity index (χ2n) is 13.5. The van der Waals surface area contributed by atoms with E-state index in [4.69, 9.17) is 14.2 Å². The summed E-state index contributed by atoms with van der Waals surface area (Å²) < 4.78 is 19.0. The minimum absolute atomic E-state index is 0.0394. The topological polar surface area (TPSA) is 138 Å². The zero-order valence-electron chi connectivity index (χ0n) is 28.7. The van der Waals surface area contributed by atoms with Gasteiger partial charge >= 0.3 is 0 Å². The maximum absolute atomic E-state index is 14.2. The number of aliphatic hydroxyl groups is 3. The van der Waals surface area contributed by atoms with Crippen molar-refractivity contribution in [3.63, 3.8) is 0 Å². The predicted octanol–water partition coefficient (Wildman–Crippen LogP) is 4.52. The van der Waals surface area contributed by atoms with Crippen LogP contribution in [-0.2, 0) is 27.5 Å². The van der Waals surface area contributed by atoms with Crippen LogP contribution in [0.2, 0.25) is 0 Å². The number of aryl methyl sites for hydroxylation is 1. The number of nitrogens with zero attached hydrogens (tertiary/aromatic N) is 1. The number of carbonyl (C=O) groups is 2. The van der Waals surface area contributed by atoms with Crippen molar-refractivity contribution >= 4 is 34.4 Å². The van der Waals surface area contributed by atoms with Crippen LogP contribution < -0.4 is 14.8 Å². The number of hydrogen-bond acceptors (Lipinski definition) is 8. The fourth-order valence-electron chi connectivity index (χ4n) is 6.74. The molecule has 264 valence electrons. The minimum atomic E-state index is -1.22. The van der Waals surface area contributed by atoms with Gasteiger partial charge in [0.15, 0.2) is 11.5 Å². The van der Waals surface area contributed by atoms with Crippen LogP contribution in [0.1, 0.15) is 63.1 Å². The van der Waals surface area contributed by atoms with Gasteiger partial charge in [-0.15, -0.1) is 0 Å². The molecule has 4 rings (SSSR count). The molecule has 2 aliphatic carbocycles. The Morgan fingerprint density at radius 1 is 1.10 bits per heavy atom. The maximum Gasteiger partial charge on any atom is 0.249 e. The number of amides is 2. The van der Waals surface area contributed by atoms with E-state index in [-0.39, 0.29) is 51.3 Å². The van der Waals surface area contributed by atoms with E-state index in [2.05, 4.69) is 48.7 Å². The second-order valence-corrected chi connectivity index (χ2v) is 14.6. The summed E-state index contributed by atoms with van der Waals surface area (Å²) in [7, 11) is 1.49. The summed E-state index contributed by atoms with van der Waals surface area (Å²) in [5.74, 6) is 1.31. The summed E-state index contributed by atoms with van der Waals surface area (Å²) in [6.07, 6.45) is 2.46. The molecule has 2 aromatic carbocycles. The van der Waals surface area contributed by atoms with Crippen LogP contribution >= 0.6 is 22.6 Å². The third-order valence-corrected chi connectivity index (χ3v) is 10.3. The van der Waals surface area contributed by atoms with Gasteiger partial charge in [0, 0.05) is 25.1 Å². The minimum Gasteiger partial charge on any atom is -0.493 e. The first-order valence-electron chi connectivity index (χ1n) is 16.8. The van der Waals surface area contributed by atoms with Crippen molar-refractivity contribution < 1.29 is 39.1 Å². The van der Waals surface area contributed by atoms with E-state index < -0.39 is 24.2 Å². The first-order valence-corrected chi connectivity index (χ1v) is 17.9. The molecule has 48 heavy (non-hydrogen) atoms. The van der Waals surface area contributed by atoms with Gasteiger partial charge in [-0.1, -0.05) is 57.0 Å². The predicted molar refractivity (Wildman–Crippen MR) is 191 cm³/mol.